The molecule has 2 heteroatoms. The zero-order valence-corrected chi connectivity index (χ0v) is 9.06. The summed E-state index contributed by atoms with van der Waals surface area (Å²) in [5, 5.41) is 11.0. The van der Waals surface area contributed by atoms with Gasteiger partial charge in [0, 0.05) is 0 Å². The molecule has 0 aromatic heterocycles. The van der Waals surface area contributed by atoms with E-state index in [2.05, 4.69) is 6.07 Å². The molecule has 0 radical (unpaired) electrons. The van der Waals surface area contributed by atoms with Crippen molar-refractivity contribution in [3.8, 4) is 5.75 Å². The Morgan fingerprint density at radius 2 is 2.17 bits per heavy atom. The molecule has 0 atom stereocenters. The Kier molecular flexibility index (Phi) is 1.90. The molecular formula is C10H12OSe. The van der Waals surface area contributed by atoms with Crippen LogP contribution in [0.15, 0.2) is 6.07 Å². The first kappa shape index (κ1) is 8.15. The van der Waals surface area contributed by atoms with Crippen LogP contribution in [0.4, 0.5) is 0 Å². The SMILES string of the molecule is Cc1cc2c(c(C)c1O)CC[Se]2. The van der Waals surface area contributed by atoms with Crippen molar-refractivity contribution in [3.63, 3.8) is 0 Å². The minimum absolute atomic E-state index is 0.506. The number of rotatable bonds is 0. The summed E-state index contributed by atoms with van der Waals surface area (Å²) in [6, 6.07) is 2.16. The zero-order chi connectivity index (χ0) is 8.72. The summed E-state index contributed by atoms with van der Waals surface area (Å²) in [7, 11) is 0. The van der Waals surface area contributed by atoms with Gasteiger partial charge in [-0.2, -0.15) is 0 Å². The fraction of sp³-hybridized carbons (Fsp3) is 0.400. The number of aryl methyl sites for hydroxylation is 1. The topological polar surface area (TPSA) is 20.2 Å². The van der Waals surface area contributed by atoms with Crippen LogP contribution in [-0.4, -0.2) is 20.1 Å². The van der Waals surface area contributed by atoms with Gasteiger partial charge in [-0.05, 0) is 0 Å². The van der Waals surface area contributed by atoms with Crippen LogP contribution < -0.4 is 4.46 Å². The maximum atomic E-state index is 9.68. The molecule has 0 fully saturated rings. The molecule has 1 aromatic rings. The molecule has 0 saturated carbocycles. The number of hydrogen-bond donors (Lipinski definition) is 1. The first-order valence-corrected chi connectivity index (χ1v) is 6.22. The molecule has 0 saturated heterocycles. The molecule has 1 aromatic carbocycles. The second-order valence-corrected chi connectivity index (χ2v) is 5.63. The Bertz CT molecular complexity index is 331. The Labute approximate surface area is 79.0 Å². The molecular weight excluding hydrogens is 215 g/mol. The van der Waals surface area contributed by atoms with Crippen molar-refractivity contribution < 1.29 is 5.11 Å². The summed E-state index contributed by atoms with van der Waals surface area (Å²) in [6.07, 6.45) is 1.18. The van der Waals surface area contributed by atoms with Gasteiger partial charge < -0.3 is 0 Å². The Balaban J connectivity index is 2.67. The van der Waals surface area contributed by atoms with E-state index in [0.717, 1.165) is 11.1 Å². The molecule has 1 heterocycles. The number of hydrogen-bond acceptors (Lipinski definition) is 1. The standard InChI is InChI=1S/C10H12OSe/c1-6-5-9-8(3-4-12-9)7(2)10(6)11/h5,11H,3-4H2,1-2H3. The number of benzene rings is 1. The van der Waals surface area contributed by atoms with Crippen LogP contribution in [0, 0.1) is 13.8 Å². The van der Waals surface area contributed by atoms with Crippen LogP contribution in [0.25, 0.3) is 0 Å². The van der Waals surface area contributed by atoms with Crippen molar-refractivity contribution in [2.45, 2.75) is 25.6 Å². The summed E-state index contributed by atoms with van der Waals surface area (Å²) in [6.45, 7) is 4.01. The molecule has 0 aliphatic carbocycles. The third kappa shape index (κ3) is 1.07. The van der Waals surface area contributed by atoms with E-state index in [-0.39, 0.29) is 0 Å². The Morgan fingerprint density at radius 3 is 2.92 bits per heavy atom. The normalized spacial score (nSPS) is 14.8. The average molecular weight is 227 g/mol. The van der Waals surface area contributed by atoms with Gasteiger partial charge in [0.2, 0.25) is 0 Å². The van der Waals surface area contributed by atoms with E-state index in [1.165, 1.54) is 21.8 Å². The predicted molar refractivity (Wildman–Crippen MR) is 51.5 cm³/mol. The van der Waals surface area contributed by atoms with E-state index in [1.807, 2.05) is 13.8 Å². The van der Waals surface area contributed by atoms with Crippen molar-refractivity contribution >= 4 is 19.4 Å². The quantitative estimate of drug-likeness (QED) is 0.662. The van der Waals surface area contributed by atoms with Crippen molar-refractivity contribution in [1.29, 1.82) is 0 Å². The van der Waals surface area contributed by atoms with Gasteiger partial charge >= 0.3 is 78.6 Å². The number of fused-ring (bicyclic) bond motifs is 1. The number of phenolic OH excluding ortho intramolecular Hbond substituents is 1. The monoisotopic (exact) mass is 228 g/mol. The van der Waals surface area contributed by atoms with Crippen molar-refractivity contribution in [3.05, 3.63) is 22.8 Å². The van der Waals surface area contributed by atoms with Crippen molar-refractivity contribution in [2.75, 3.05) is 0 Å². The summed E-state index contributed by atoms with van der Waals surface area (Å²) < 4.78 is 1.51. The van der Waals surface area contributed by atoms with E-state index in [0.29, 0.717) is 20.7 Å². The Morgan fingerprint density at radius 1 is 1.42 bits per heavy atom. The second kappa shape index (κ2) is 2.79. The van der Waals surface area contributed by atoms with Crippen LogP contribution in [-0.2, 0) is 6.42 Å². The fourth-order valence-electron chi connectivity index (χ4n) is 1.68. The van der Waals surface area contributed by atoms with Gasteiger partial charge in [-0.1, -0.05) is 0 Å². The minimum atomic E-state index is 0.506. The van der Waals surface area contributed by atoms with Crippen LogP contribution in [0.5, 0.6) is 5.75 Å². The molecule has 1 N–H and O–H groups in total. The molecule has 64 valence electrons. The van der Waals surface area contributed by atoms with Crippen molar-refractivity contribution in [2.24, 2.45) is 0 Å². The van der Waals surface area contributed by atoms with Crippen LogP contribution in [0.2, 0.25) is 5.32 Å². The van der Waals surface area contributed by atoms with E-state index >= 15 is 0 Å². The van der Waals surface area contributed by atoms with E-state index < -0.39 is 0 Å². The summed E-state index contributed by atoms with van der Waals surface area (Å²) in [4.78, 5) is 0. The zero-order valence-electron chi connectivity index (χ0n) is 7.35. The van der Waals surface area contributed by atoms with Crippen LogP contribution >= 0.6 is 0 Å². The summed E-state index contributed by atoms with van der Waals surface area (Å²) in [5.41, 5.74) is 3.57. The van der Waals surface area contributed by atoms with Gasteiger partial charge in [0.1, 0.15) is 0 Å². The third-order valence-corrected chi connectivity index (χ3v) is 4.71. The van der Waals surface area contributed by atoms with E-state index in [4.69, 9.17) is 0 Å². The molecule has 0 bridgehead atoms. The summed E-state index contributed by atoms with van der Waals surface area (Å²) >= 11 is 0.665. The van der Waals surface area contributed by atoms with Crippen LogP contribution in [0.3, 0.4) is 0 Å². The number of aromatic hydroxyl groups is 1. The van der Waals surface area contributed by atoms with Crippen LogP contribution in [0.1, 0.15) is 16.7 Å². The molecule has 0 unspecified atom stereocenters. The van der Waals surface area contributed by atoms with Gasteiger partial charge in [0.25, 0.3) is 0 Å². The van der Waals surface area contributed by atoms with Gasteiger partial charge in [0.05, 0.1) is 0 Å². The van der Waals surface area contributed by atoms with Gasteiger partial charge in [0.15, 0.2) is 0 Å². The molecule has 2 rings (SSSR count). The van der Waals surface area contributed by atoms with Gasteiger partial charge in [-0.15, -0.1) is 0 Å². The summed E-state index contributed by atoms with van der Waals surface area (Å²) in [5.74, 6) is 0.506. The molecule has 1 aliphatic heterocycles. The first-order valence-electron chi connectivity index (χ1n) is 4.15. The molecule has 1 aliphatic rings. The fourth-order valence-corrected chi connectivity index (χ4v) is 4.23. The molecule has 0 spiro atoms. The van der Waals surface area contributed by atoms with E-state index in [1.54, 1.807) is 0 Å². The van der Waals surface area contributed by atoms with Gasteiger partial charge in [-0.3, -0.25) is 0 Å². The number of phenols is 1. The second-order valence-electron chi connectivity index (χ2n) is 3.24. The molecule has 12 heavy (non-hydrogen) atoms. The van der Waals surface area contributed by atoms with Crippen molar-refractivity contribution in [1.82, 2.24) is 0 Å². The van der Waals surface area contributed by atoms with Gasteiger partial charge in [-0.25, -0.2) is 0 Å². The third-order valence-electron chi connectivity index (χ3n) is 2.44. The maximum absolute atomic E-state index is 9.68. The molecule has 1 nitrogen and oxygen atoms in total. The Hall–Kier alpha value is -0.461. The van der Waals surface area contributed by atoms with E-state index in [9.17, 15) is 5.11 Å². The first-order chi connectivity index (χ1) is 5.70. The molecule has 0 amide bonds. The predicted octanol–water partition coefficient (Wildman–Crippen LogP) is 1.31. The average Bonchev–Trinajstić information content (AvgIpc) is 2.48.